The summed E-state index contributed by atoms with van der Waals surface area (Å²) in [6.07, 6.45) is -1.27. The Morgan fingerprint density at radius 1 is 1.10 bits per heavy atom. The fourth-order valence-corrected chi connectivity index (χ4v) is 6.63. The smallest absolute Gasteiger partial charge is 0.417 e. The maximum Gasteiger partial charge on any atom is 0.417 e. The summed E-state index contributed by atoms with van der Waals surface area (Å²) < 4.78 is 85.7. The molecule has 204 valence electrons. The Hall–Kier alpha value is -3.64. The lowest BCUT2D eigenvalue weighted by molar-refractivity contribution is -0.137. The largest absolute Gasteiger partial charge is 0.443 e. The zero-order chi connectivity index (χ0) is 28.0. The van der Waals surface area contributed by atoms with Crippen LogP contribution in [0.15, 0.2) is 70.4 Å². The van der Waals surface area contributed by atoms with Gasteiger partial charge in [-0.1, -0.05) is 0 Å². The van der Waals surface area contributed by atoms with Crippen LogP contribution in [0.25, 0.3) is 22.2 Å². The Labute approximate surface area is 221 Å². The standard InChI is InChI=1S/C27H23F4N3O4S/c1-26(10-2-12-34(26)39(36,37)25-15-18-13-20(28)4-7-23(18)38-25)24(35)8-5-21-14-17(9-11-32-21)22-6-3-19(16-33-22)27(29,30)31/h3-4,6-7,9,11,13-16H,2,5,8,10,12H2,1H3. The van der Waals surface area contributed by atoms with Crippen molar-refractivity contribution >= 4 is 26.8 Å². The van der Waals surface area contributed by atoms with Gasteiger partial charge < -0.3 is 4.42 Å². The molecule has 7 nitrogen and oxygen atoms in total. The molecule has 1 saturated heterocycles. The van der Waals surface area contributed by atoms with Crippen LogP contribution >= 0.6 is 0 Å². The summed E-state index contributed by atoms with van der Waals surface area (Å²) in [6.45, 7) is 1.71. The molecule has 12 heteroatoms. The zero-order valence-electron chi connectivity index (χ0n) is 20.7. The van der Waals surface area contributed by atoms with Gasteiger partial charge in [0.25, 0.3) is 10.0 Å². The second-order valence-electron chi connectivity index (χ2n) is 9.59. The van der Waals surface area contributed by atoms with E-state index in [1.165, 1.54) is 36.5 Å². The first-order valence-corrected chi connectivity index (χ1v) is 13.6. The number of alkyl halides is 3. The molecular weight excluding hydrogens is 538 g/mol. The normalized spacial score (nSPS) is 18.6. The van der Waals surface area contributed by atoms with Crippen molar-refractivity contribution in [2.45, 2.75) is 49.4 Å². The van der Waals surface area contributed by atoms with Crippen LogP contribution in [0.2, 0.25) is 0 Å². The number of sulfonamides is 1. The second kappa shape index (κ2) is 9.83. The van der Waals surface area contributed by atoms with E-state index in [1.807, 2.05) is 0 Å². The monoisotopic (exact) mass is 561 g/mol. The number of pyridine rings is 2. The zero-order valence-corrected chi connectivity index (χ0v) is 21.5. The number of carbonyl (C=O) groups excluding carboxylic acids is 1. The number of benzene rings is 1. The third kappa shape index (κ3) is 5.18. The van der Waals surface area contributed by atoms with Gasteiger partial charge in [0.1, 0.15) is 11.4 Å². The molecule has 1 unspecified atom stereocenters. The molecule has 1 fully saturated rings. The first kappa shape index (κ1) is 26.9. The first-order valence-electron chi connectivity index (χ1n) is 12.1. The Morgan fingerprint density at radius 3 is 2.62 bits per heavy atom. The Balaban J connectivity index is 1.32. The lowest BCUT2D eigenvalue weighted by Gasteiger charge is -2.32. The van der Waals surface area contributed by atoms with E-state index in [0.29, 0.717) is 35.2 Å². The average molecular weight is 562 g/mol. The third-order valence-electron chi connectivity index (χ3n) is 6.99. The molecule has 0 N–H and O–H groups in total. The van der Waals surface area contributed by atoms with Gasteiger partial charge in [0.2, 0.25) is 5.09 Å². The maximum atomic E-state index is 13.6. The summed E-state index contributed by atoms with van der Waals surface area (Å²) in [5, 5.41) is -0.0586. The Bertz CT molecular complexity index is 1650. The van der Waals surface area contributed by atoms with Crippen molar-refractivity contribution in [3.05, 3.63) is 78.0 Å². The molecule has 1 aliphatic rings. The van der Waals surface area contributed by atoms with Crippen LogP contribution in [0.1, 0.15) is 37.4 Å². The van der Waals surface area contributed by atoms with E-state index in [2.05, 4.69) is 9.97 Å². The van der Waals surface area contributed by atoms with Crippen LogP contribution in [0.3, 0.4) is 0 Å². The highest BCUT2D eigenvalue weighted by atomic mass is 32.2. The van der Waals surface area contributed by atoms with E-state index in [9.17, 15) is 30.8 Å². The van der Waals surface area contributed by atoms with E-state index in [1.54, 1.807) is 19.1 Å². The highest BCUT2D eigenvalue weighted by molar-refractivity contribution is 7.89. The molecule has 5 rings (SSSR count). The van der Waals surface area contributed by atoms with Gasteiger partial charge in [0.05, 0.1) is 16.8 Å². The van der Waals surface area contributed by atoms with Gasteiger partial charge in [-0.2, -0.15) is 17.5 Å². The molecule has 4 aromatic rings. The number of furan rings is 1. The van der Waals surface area contributed by atoms with Crippen molar-refractivity contribution in [1.29, 1.82) is 0 Å². The molecule has 0 amide bonds. The predicted octanol–water partition coefficient (Wildman–Crippen LogP) is 5.79. The summed E-state index contributed by atoms with van der Waals surface area (Å²) in [7, 11) is -4.19. The van der Waals surface area contributed by atoms with Crippen LogP contribution in [0, 0.1) is 5.82 Å². The van der Waals surface area contributed by atoms with Gasteiger partial charge in [0, 0.05) is 48.1 Å². The molecule has 1 aromatic carbocycles. The van der Waals surface area contributed by atoms with Gasteiger partial charge in [-0.25, -0.2) is 12.8 Å². The molecule has 3 aromatic heterocycles. The van der Waals surface area contributed by atoms with Crippen molar-refractivity contribution in [2.24, 2.45) is 0 Å². The van der Waals surface area contributed by atoms with E-state index >= 15 is 0 Å². The minimum Gasteiger partial charge on any atom is -0.443 e. The number of aryl methyl sites for hydroxylation is 1. The number of fused-ring (bicyclic) bond motifs is 1. The van der Waals surface area contributed by atoms with Crippen LogP contribution in [-0.2, 0) is 27.4 Å². The van der Waals surface area contributed by atoms with Gasteiger partial charge in [-0.3, -0.25) is 14.8 Å². The number of Topliss-reactive ketones (excluding diaryl/α,β-unsaturated/α-hetero) is 1. The van der Waals surface area contributed by atoms with Crippen molar-refractivity contribution < 1.29 is 35.2 Å². The molecule has 0 radical (unpaired) electrons. The highest BCUT2D eigenvalue weighted by Gasteiger charge is 2.49. The molecule has 1 aliphatic heterocycles. The molecule has 0 saturated carbocycles. The number of nitrogens with zero attached hydrogens (tertiary/aromatic N) is 3. The lowest BCUT2D eigenvalue weighted by atomic mass is 9.91. The van der Waals surface area contributed by atoms with Crippen LogP contribution < -0.4 is 0 Å². The molecular formula is C27H23F4N3O4S. The first-order chi connectivity index (χ1) is 18.4. The molecule has 0 bridgehead atoms. The summed E-state index contributed by atoms with van der Waals surface area (Å²) in [5.41, 5.74) is -0.573. The Morgan fingerprint density at radius 2 is 1.90 bits per heavy atom. The predicted molar refractivity (Wildman–Crippen MR) is 134 cm³/mol. The summed E-state index contributed by atoms with van der Waals surface area (Å²) in [6, 6.07) is 10.4. The van der Waals surface area contributed by atoms with Crippen molar-refractivity contribution in [3.63, 3.8) is 0 Å². The van der Waals surface area contributed by atoms with Crippen LogP contribution in [0.4, 0.5) is 17.6 Å². The quantitative estimate of drug-likeness (QED) is 0.265. The van der Waals surface area contributed by atoms with Crippen molar-refractivity contribution in [3.8, 4) is 11.3 Å². The minimum atomic E-state index is -4.49. The summed E-state index contributed by atoms with van der Waals surface area (Å²) >= 11 is 0. The average Bonchev–Trinajstić information content (AvgIpc) is 3.52. The van der Waals surface area contributed by atoms with Gasteiger partial charge >= 0.3 is 6.18 Å². The number of hydrogen-bond donors (Lipinski definition) is 0. The van der Waals surface area contributed by atoms with Crippen molar-refractivity contribution in [1.82, 2.24) is 14.3 Å². The number of ketones is 1. The minimum absolute atomic E-state index is 0.00917. The number of hydrogen-bond acceptors (Lipinski definition) is 6. The van der Waals surface area contributed by atoms with E-state index in [4.69, 9.17) is 4.42 Å². The van der Waals surface area contributed by atoms with Crippen molar-refractivity contribution in [2.75, 3.05) is 6.54 Å². The fourth-order valence-electron chi connectivity index (χ4n) is 4.85. The number of rotatable bonds is 7. The second-order valence-corrected chi connectivity index (χ2v) is 11.4. The van der Waals surface area contributed by atoms with E-state index in [0.717, 1.165) is 16.6 Å². The van der Waals surface area contributed by atoms with E-state index in [-0.39, 0.29) is 35.8 Å². The molecule has 4 heterocycles. The SMILES string of the molecule is CC1(C(=O)CCc2cc(-c3ccc(C(F)(F)F)cn3)ccn2)CCCN1S(=O)(=O)c1cc2cc(F)ccc2o1. The molecule has 39 heavy (non-hydrogen) atoms. The highest BCUT2D eigenvalue weighted by Crippen LogP contribution is 2.38. The summed E-state index contributed by atoms with van der Waals surface area (Å²) in [4.78, 5) is 21.5. The van der Waals surface area contributed by atoms with Crippen LogP contribution in [0.5, 0.6) is 0 Å². The third-order valence-corrected chi connectivity index (χ3v) is 8.86. The number of halogens is 4. The van der Waals surface area contributed by atoms with E-state index < -0.39 is 33.1 Å². The molecule has 1 atom stereocenters. The fraction of sp³-hybridized carbons (Fsp3) is 0.296. The topological polar surface area (TPSA) is 93.4 Å². The van der Waals surface area contributed by atoms with Gasteiger partial charge in [-0.15, -0.1) is 0 Å². The van der Waals surface area contributed by atoms with Gasteiger partial charge in [-0.05, 0) is 68.7 Å². The lowest BCUT2D eigenvalue weighted by Crippen LogP contribution is -2.50. The molecule has 0 spiro atoms. The number of aromatic nitrogens is 2. The summed E-state index contributed by atoms with van der Waals surface area (Å²) in [5.74, 6) is -0.828. The maximum absolute atomic E-state index is 13.6. The Kier molecular flexibility index (Phi) is 6.79. The molecule has 0 aliphatic carbocycles. The number of carbonyl (C=O) groups is 1. The van der Waals surface area contributed by atoms with Crippen LogP contribution in [-0.4, -0.2) is 40.6 Å². The van der Waals surface area contributed by atoms with Gasteiger partial charge in [0.15, 0.2) is 5.78 Å².